The lowest BCUT2D eigenvalue weighted by Crippen LogP contribution is -2.08. The first-order chi connectivity index (χ1) is 14.0. The Bertz CT molecular complexity index is 1220. The lowest BCUT2D eigenvalue weighted by atomic mass is 9.99. The number of ether oxygens (including phenoxy) is 1. The van der Waals surface area contributed by atoms with Crippen LogP contribution in [-0.2, 0) is 9.53 Å². The van der Waals surface area contributed by atoms with Gasteiger partial charge in [0.2, 0.25) is 0 Å². The van der Waals surface area contributed by atoms with Gasteiger partial charge in [-0.1, -0.05) is 48.0 Å². The Morgan fingerprint density at radius 3 is 2.69 bits per heavy atom. The minimum Gasteiger partial charge on any atom is -0.463 e. The molecule has 0 saturated carbocycles. The van der Waals surface area contributed by atoms with E-state index in [1.54, 1.807) is 43.3 Å². The zero-order valence-electron chi connectivity index (χ0n) is 15.5. The maximum atomic E-state index is 12.8. The summed E-state index contributed by atoms with van der Waals surface area (Å²) in [6.45, 7) is 1.81. The number of benzene rings is 2. The normalized spacial score (nSPS) is 11.9. The van der Waals surface area contributed by atoms with Gasteiger partial charge in [0.25, 0.3) is 0 Å². The Morgan fingerprint density at radius 2 is 2.00 bits per heavy atom. The average molecular weight is 406 g/mol. The van der Waals surface area contributed by atoms with E-state index >= 15 is 0 Å². The minimum absolute atomic E-state index is 0.144. The van der Waals surface area contributed by atoms with E-state index in [0.717, 1.165) is 0 Å². The molecule has 0 spiro atoms. The topological polar surface area (TPSA) is 80.3 Å². The molecule has 0 unspecified atom stereocenters. The molecule has 5 nitrogen and oxygen atoms in total. The molecule has 3 rings (SSSR count). The van der Waals surface area contributed by atoms with Crippen LogP contribution in [0, 0.1) is 11.3 Å². The van der Waals surface area contributed by atoms with Gasteiger partial charge in [0.05, 0.1) is 17.6 Å². The number of hydrogen-bond donors (Lipinski definition) is 0. The van der Waals surface area contributed by atoms with Gasteiger partial charge in [0.1, 0.15) is 23.5 Å². The van der Waals surface area contributed by atoms with Crippen molar-refractivity contribution < 1.29 is 13.9 Å². The van der Waals surface area contributed by atoms with E-state index in [-0.39, 0.29) is 23.2 Å². The van der Waals surface area contributed by atoms with Gasteiger partial charge >= 0.3 is 5.97 Å². The molecule has 0 N–H and O–H groups in total. The Balaban J connectivity index is 2.14. The van der Waals surface area contributed by atoms with Crippen LogP contribution in [0.15, 0.2) is 75.7 Å². The van der Waals surface area contributed by atoms with Crippen LogP contribution in [0.3, 0.4) is 0 Å². The van der Waals surface area contributed by atoms with Crippen molar-refractivity contribution in [1.82, 2.24) is 0 Å². The third-order valence-electron chi connectivity index (χ3n) is 4.14. The summed E-state index contributed by atoms with van der Waals surface area (Å²) < 4.78 is 10.5. The van der Waals surface area contributed by atoms with E-state index in [1.807, 2.05) is 12.1 Å². The molecular weight excluding hydrogens is 390 g/mol. The molecule has 1 heterocycles. The van der Waals surface area contributed by atoms with Crippen LogP contribution in [0.1, 0.15) is 18.1 Å². The summed E-state index contributed by atoms with van der Waals surface area (Å²) in [7, 11) is 0. The summed E-state index contributed by atoms with van der Waals surface area (Å²) in [4.78, 5) is 25.0. The number of fused-ring (bicyclic) bond motifs is 1. The lowest BCUT2D eigenvalue weighted by molar-refractivity contribution is -0.137. The summed E-state index contributed by atoms with van der Waals surface area (Å²) in [5.41, 5.74) is 1.24. The Kier molecular flexibility index (Phi) is 6.28. The summed E-state index contributed by atoms with van der Waals surface area (Å²) in [5, 5.41) is 10.3. The van der Waals surface area contributed by atoms with Crippen molar-refractivity contribution in [2.24, 2.45) is 0 Å². The summed E-state index contributed by atoms with van der Waals surface area (Å²) in [6.07, 6.45) is 4.37. The number of nitriles is 1. The predicted molar refractivity (Wildman–Crippen MR) is 112 cm³/mol. The number of allylic oxidation sites excluding steroid dienone is 2. The van der Waals surface area contributed by atoms with Crippen molar-refractivity contribution in [3.8, 4) is 6.07 Å². The number of carbonyl (C=O) groups is 1. The van der Waals surface area contributed by atoms with Gasteiger partial charge in [-0.15, -0.1) is 0 Å². The zero-order chi connectivity index (χ0) is 20.8. The third-order valence-corrected chi connectivity index (χ3v) is 4.37. The third kappa shape index (κ3) is 4.45. The van der Waals surface area contributed by atoms with Crippen LogP contribution in [0.5, 0.6) is 0 Å². The van der Waals surface area contributed by atoms with Crippen molar-refractivity contribution in [3.63, 3.8) is 0 Å². The lowest BCUT2D eigenvalue weighted by Gasteiger charge is -2.07. The number of nitrogens with zero attached hydrogens (tertiary/aromatic N) is 1. The molecular formula is C23H16ClNO4. The van der Waals surface area contributed by atoms with Gasteiger partial charge in [-0.3, -0.25) is 4.79 Å². The Hall–Kier alpha value is -3.62. The Morgan fingerprint density at radius 1 is 1.24 bits per heavy atom. The molecule has 0 aliphatic heterocycles. The van der Waals surface area contributed by atoms with E-state index < -0.39 is 5.97 Å². The molecule has 0 aliphatic rings. The van der Waals surface area contributed by atoms with Crippen molar-refractivity contribution in [2.45, 2.75) is 6.92 Å². The van der Waals surface area contributed by atoms with Gasteiger partial charge in [0, 0.05) is 10.6 Å². The number of rotatable bonds is 5. The maximum absolute atomic E-state index is 12.8. The number of carbonyl (C=O) groups excluding carboxylic acids is 1. The number of esters is 1. The summed E-state index contributed by atoms with van der Waals surface area (Å²) in [6, 6.07) is 15.6. The highest BCUT2D eigenvalue weighted by atomic mass is 35.5. The second kappa shape index (κ2) is 9.05. The molecule has 3 aromatic rings. The van der Waals surface area contributed by atoms with Crippen molar-refractivity contribution >= 4 is 40.2 Å². The highest BCUT2D eigenvalue weighted by molar-refractivity contribution is 6.31. The highest BCUT2D eigenvalue weighted by Crippen LogP contribution is 2.23. The van der Waals surface area contributed by atoms with Crippen LogP contribution in [0.25, 0.3) is 22.6 Å². The van der Waals surface area contributed by atoms with Crippen LogP contribution in [0.4, 0.5) is 0 Å². The van der Waals surface area contributed by atoms with Gasteiger partial charge in [-0.2, -0.15) is 5.26 Å². The molecule has 144 valence electrons. The predicted octanol–water partition coefficient (Wildman–Crippen LogP) is 5.00. The monoisotopic (exact) mass is 405 g/mol. The summed E-state index contributed by atoms with van der Waals surface area (Å²) in [5.74, 6) is -0.726. The fourth-order valence-corrected chi connectivity index (χ4v) is 2.94. The van der Waals surface area contributed by atoms with Gasteiger partial charge in [-0.25, -0.2) is 4.79 Å². The minimum atomic E-state index is -0.726. The second-order valence-electron chi connectivity index (χ2n) is 5.98. The van der Waals surface area contributed by atoms with Crippen LogP contribution in [-0.4, -0.2) is 12.6 Å². The van der Waals surface area contributed by atoms with Crippen molar-refractivity contribution in [1.29, 1.82) is 5.26 Å². The molecule has 0 saturated heterocycles. The first-order valence-corrected chi connectivity index (χ1v) is 9.19. The molecule has 0 aliphatic carbocycles. The molecule has 0 atom stereocenters. The zero-order valence-corrected chi connectivity index (χ0v) is 16.3. The first-order valence-electron chi connectivity index (χ1n) is 8.81. The molecule has 0 fully saturated rings. The quantitative estimate of drug-likeness (QED) is 0.258. The standard InChI is InChI=1S/C23H16ClNO4/c1-2-28-23(27)20(13-25)18(15-6-4-3-5-7-15)10-8-16-14-29-21-11-9-17(24)12-19(21)22(16)26/h3-12,14H,2H2,1H3/b10-8+,20-18-. The molecule has 1 aromatic heterocycles. The molecule has 2 aromatic carbocycles. The smallest absolute Gasteiger partial charge is 0.349 e. The molecule has 0 radical (unpaired) electrons. The molecule has 0 bridgehead atoms. The Labute approximate surface area is 172 Å². The second-order valence-corrected chi connectivity index (χ2v) is 6.42. The molecule has 0 amide bonds. The van der Waals surface area contributed by atoms with E-state index in [2.05, 4.69) is 0 Å². The van der Waals surface area contributed by atoms with Crippen molar-refractivity contribution in [2.75, 3.05) is 6.61 Å². The highest BCUT2D eigenvalue weighted by Gasteiger charge is 2.16. The largest absolute Gasteiger partial charge is 0.463 e. The average Bonchev–Trinajstić information content (AvgIpc) is 2.73. The van der Waals surface area contributed by atoms with Gasteiger partial charge in [-0.05, 0) is 36.8 Å². The number of halogens is 1. The van der Waals surface area contributed by atoms with E-state index in [4.69, 9.17) is 20.8 Å². The van der Waals surface area contributed by atoms with E-state index in [9.17, 15) is 14.9 Å². The van der Waals surface area contributed by atoms with Crippen LogP contribution < -0.4 is 5.43 Å². The first kappa shape index (κ1) is 20.1. The maximum Gasteiger partial charge on any atom is 0.349 e. The summed E-state index contributed by atoms with van der Waals surface area (Å²) >= 11 is 5.98. The van der Waals surface area contributed by atoms with Crippen LogP contribution in [0.2, 0.25) is 5.02 Å². The SMILES string of the molecule is CCOC(=O)/C(C#N)=C(/C=C/c1coc2ccc(Cl)cc2c1=O)c1ccccc1. The molecule has 29 heavy (non-hydrogen) atoms. The van der Waals surface area contributed by atoms with E-state index in [1.165, 1.54) is 24.5 Å². The fraction of sp³-hybridized carbons (Fsp3) is 0.0870. The van der Waals surface area contributed by atoms with E-state index in [0.29, 0.717) is 27.1 Å². The van der Waals surface area contributed by atoms with Crippen molar-refractivity contribution in [3.05, 3.63) is 92.8 Å². The fourth-order valence-electron chi connectivity index (χ4n) is 2.77. The number of hydrogen-bond acceptors (Lipinski definition) is 5. The van der Waals surface area contributed by atoms with Crippen LogP contribution >= 0.6 is 11.6 Å². The molecule has 6 heteroatoms. The van der Waals surface area contributed by atoms with Gasteiger partial charge in [0.15, 0.2) is 5.43 Å². The van der Waals surface area contributed by atoms with Gasteiger partial charge < -0.3 is 9.15 Å².